The van der Waals surface area contributed by atoms with Crippen LogP contribution >= 0.6 is 0 Å². The number of nitrogens with zero attached hydrogens (tertiary/aromatic N) is 3. The van der Waals surface area contributed by atoms with Gasteiger partial charge in [0.1, 0.15) is 0 Å². The van der Waals surface area contributed by atoms with Crippen molar-refractivity contribution in [1.29, 1.82) is 0 Å². The van der Waals surface area contributed by atoms with Gasteiger partial charge in [0.15, 0.2) is 0 Å². The number of rotatable bonds is 4. The molecule has 6 heteroatoms. The van der Waals surface area contributed by atoms with E-state index in [1.807, 2.05) is 37.3 Å². The van der Waals surface area contributed by atoms with Crippen molar-refractivity contribution in [3.8, 4) is 33.8 Å². The predicted molar refractivity (Wildman–Crippen MR) is 102 cm³/mol. The normalized spacial score (nSPS) is 10.7. The fourth-order valence-corrected chi connectivity index (χ4v) is 2.92. The number of pyridine rings is 2. The number of aromatic carboxylic acids is 1. The number of aromatic nitrogens is 4. The maximum atomic E-state index is 11.0. The van der Waals surface area contributed by atoms with Crippen molar-refractivity contribution < 1.29 is 9.90 Å². The van der Waals surface area contributed by atoms with Gasteiger partial charge < -0.3 is 5.11 Å². The van der Waals surface area contributed by atoms with Gasteiger partial charge in [-0.1, -0.05) is 18.2 Å². The number of aromatic amines is 1. The number of carbonyl (C=O) groups is 1. The van der Waals surface area contributed by atoms with Crippen LogP contribution in [0.2, 0.25) is 0 Å². The van der Waals surface area contributed by atoms with E-state index in [0.717, 1.165) is 39.5 Å². The highest BCUT2D eigenvalue weighted by molar-refractivity contribution is 5.88. The van der Waals surface area contributed by atoms with Gasteiger partial charge in [0.05, 0.1) is 28.8 Å². The van der Waals surface area contributed by atoms with E-state index in [4.69, 9.17) is 5.11 Å². The predicted octanol–water partition coefficient (Wildman–Crippen LogP) is 4.21. The second-order valence-corrected chi connectivity index (χ2v) is 6.14. The topological polar surface area (TPSA) is 91.8 Å². The number of H-pyrrole nitrogens is 1. The molecule has 2 N–H and O–H groups in total. The Bertz CT molecular complexity index is 1120. The van der Waals surface area contributed by atoms with Crippen molar-refractivity contribution in [1.82, 2.24) is 20.2 Å². The van der Waals surface area contributed by atoms with Crippen molar-refractivity contribution in [3.05, 3.63) is 78.2 Å². The molecule has 3 heterocycles. The molecule has 0 spiro atoms. The summed E-state index contributed by atoms with van der Waals surface area (Å²) in [5.41, 5.74) is 6.34. The number of hydrogen-bond acceptors (Lipinski definition) is 4. The van der Waals surface area contributed by atoms with E-state index in [1.165, 1.54) is 0 Å². The third-order valence-electron chi connectivity index (χ3n) is 4.28. The van der Waals surface area contributed by atoms with Gasteiger partial charge in [-0.2, -0.15) is 5.10 Å². The molecule has 0 aliphatic heterocycles. The minimum absolute atomic E-state index is 0.248. The van der Waals surface area contributed by atoms with Crippen molar-refractivity contribution in [2.75, 3.05) is 0 Å². The van der Waals surface area contributed by atoms with Crippen LogP contribution in [0, 0.1) is 6.92 Å². The fraction of sp³-hybridized carbons (Fsp3) is 0.0476. The smallest absolute Gasteiger partial charge is 0.335 e. The van der Waals surface area contributed by atoms with Crippen LogP contribution in [0.1, 0.15) is 16.1 Å². The molecule has 0 aliphatic rings. The maximum absolute atomic E-state index is 11.0. The van der Waals surface area contributed by atoms with Crippen LogP contribution in [-0.4, -0.2) is 31.2 Å². The van der Waals surface area contributed by atoms with E-state index < -0.39 is 5.97 Å². The van der Waals surface area contributed by atoms with Crippen LogP contribution in [0.25, 0.3) is 33.8 Å². The zero-order valence-electron chi connectivity index (χ0n) is 14.5. The van der Waals surface area contributed by atoms with Gasteiger partial charge in [-0.05, 0) is 48.9 Å². The van der Waals surface area contributed by atoms with E-state index in [-0.39, 0.29) is 5.56 Å². The van der Waals surface area contributed by atoms with E-state index in [0.29, 0.717) is 0 Å². The number of carboxylic acids is 1. The van der Waals surface area contributed by atoms with Crippen LogP contribution < -0.4 is 0 Å². The molecule has 132 valence electrons. The molecule has 0 saturated heterocycles. The Morgan fingerprint density at radius 2 is 1.81 bits per heavy atom. The van der Waals surface area contributed by atoms with Crippen LogP contribution in [-0.2, 0) is 0 Å². The summed E-state index contributed by atoms with van der Waals surface area (Å²) in [5.74, 6) is -0.947. The monoisotopic (exact) mass is 356 g/mol. The Kier molecular flexibility index (Phi) is 4.22. The lowest BCUT2D eigenvalue weighted by atomic mass is 10.0. The molecule has 4 aromatic rings. The number of nitrogens with one attached hydrogen (secondary N) is 1. The molecule has 3 aromatic heterocycles. The quantitative estimate of drug-likeness (QED) is 0.571. The number of carboxylic acid groups (broad SMARTS) is 1. The van der Waals surface area contributed by atoms with Crippen molar-refractivity contribution >= 4 is 5.97 Å². The van der Waals surface area contributed by atoms with E-state index in [9.17, 15) is 4.79 Å². The van der Waals surface area contributed by atoms with Gasteiger partial charge in [0.25, 0.3) is 0 Å². The van der Waals surface area contributed by atoms with Crippen LogP contribution in [0.3, 0.4) is 0 Å². The van der Waals surface area contributed by atoms with Crippen molar-refractivity contribution in [2.24, 2.45) is 0 Å². The molecule has 0 radical (unpaired) electrons. The molecular formula is C21H16N4O2. The lowest BCUT2D eigenvalue weighted by Gasteiger charge is -2.07. The number of hydrogen-bond donors (Lipinski definition) is 2. The summed E-state index contributed by atoms with van der Waals surface area (Å²) < 4.78 is 0. The van der Waals surface area contributed by atoms with Gasteiger partial charge in [-0.3, -0.25) is 15.1 Å². The highest BCUT2D eigenvalue weighted by Crippen LogP contribution is 2.31. The molecule has 0 aliphatic carbocycles. The average molecular weight is 356 g/mol. The summed E-state index contributed by atoms with van der Waals surface area (Å²) >= 11 is 0. The van der Waals surface area contributed by atoms with E-state index in [2.05, 4.69) is 20.2 Å². The molecule has 27 heavy (non-hydrogen) atoms. The molecule has 6 nitrogen and oxygen atoms in total. The van der Waals surface area contributed by atoms with Gasteiger partial charge in [0.2, 0.25) is 0 Å². The summed E-state index contributed by atoms with van der Waals surface area (Å²) in [7, 11) is 0. The minimum Gasteiger partial charge on any atom is -0.478 e. The Balaban J connectivity index is 1.74. The molecule has 4 rings (SSSR count). The Labute approximate surface area is 155 Å². The third-order valence-corrected chi connectivity index (χ3v) is 4.28. The lowest BCUT2D eigenvalue weighted by molar-refractivity contribution is 0.0697. The molecule has 0 atom stereocenters. The van der Waals surface area contributed by atoms with Crippen molar-refractivity contribution in [3.63, 3.8) is 0 Å². The molecule has 0 amide bonds. The lowest BCUT2D eigenvalue weighted by Crippen LogP contribution is -1.95. The number of aryl methyl sites for hydroxylation is 1. The zero-order chi connectivity index (χ0) is 18.8. The Morgan fingerprint density at radius 3 is 2.56 bits per heavy atom. The molecule has 1 aromatic carbocycles. The van der Waals surface area contributed by atoms with Gasteiger partial charge in [-0.15, -0.1) is 0 Å². The molecule has 0 unspecified atom stereocenters. The molecule has 0 fully saturated rings. The summed E-state index contributed by atoms with van der Waals surface area (Å²) in [4.78, 5) is 20.0. The molecule has 0 saturated carbocycles. The largest absolute Gasteiger partial charge is 0.478 e. The summed E-state index contributed by atoms with van der Waals surface area (Å²) in [6.07, 6.45) is 3.50. The first-order valence-corrected chi connectivity index (χ1v) is 8.39. The average Bonchev–Trinajstić information content (AvgIpc) is 3.18. The van der Waals surface area contributed by atoms with Crippen LogP contribution in [0.4, 0.5) is 0 Å². The minimum atomic E-state index is -0.947. The Morgan fingerprint density at radius 1 is 1.00 bits per heavy atom. The second kappa shape index (κ2) is 6.84. The summed E-state index contributed by atoms with van der Waals surface area (Å²) in [5, 5.41) is 16.3. The highest BCUT2D eigenvalue weighted by atomic mass is 16.4. The van der Waals surface area contributed by atoms with Crippen LogP contribution in [0.5, 0.6) is 0 Å². The van der Waals surface area contributed by atoms with Gasteiger partial charge in [0, 0.05) is 23.0 Å². The van der Waals surface area contributed by atoms with Crippen molar-refractivity contribution in [2.45, 2.75) is 6.92 Å². The number of benzene rings is 1. The first-order chi connectivity index (χ1) is 13.1. The fourth-order valence-electron chi connectivity index (χ4n) is 2.92. The maximum Gasteiger partial charge on any atom is 0.335 e. The van der Waals surface area contributed by atoms with E-state index in [1.54, 1.807) is 36.7 Å². The van der Waals surface area contributed by atoms with Gasteiger partial charge >= 0.3 is 5.97 Å². The zero-order valence-corrected chi connectivity index (χ0v) is 14.5. The van der Waals surface area contributed by atoms with Crippen LogP contribution in [0.15, 0.2) is 67.0 Å². The first-order valence-electron chi connectivity index (χ1n) is 8.39. The second-order valence-electron chi connectivity index (χ2n) is 6.14. The van der Waals surface area contributed by atoms with E-state index >= 15 is 0 Å². The Hall–Kier alpha value is -3.80. The first kappa shape index (κ1) is 16.7. The summed E-state index contributed by atoms with van der Waals surface area (Å²) in [6, 6.07) is 16.4. The van der Waals surface area contributed by atoms with Gasteiger partial charge in [-0.25, -0.2) is 4.79 Å². The highest BCUT2D eigenvalue weighted by Gasteiger charge is 2.13. The molecular weight excluding hydrogens is 340 g/mol. The SMILES string of the molecule is Cc1cccc(-c2[nH]ncc2-c2ccnc(-c3ccc(C(=O)O)cc3)c2)n1. The molecule has 0 bridgehead atoms. The summed E-state index contributed by atoms with van der Waals surface area (Å²) in [6.45, 7) is 1.95. The standard InChI is InChI=1S/C21H16N4O2/c1-13-3-2-4-18(24-13)20-17(12-23-25-20)16-9-10-22-19(11-16)14-5-7-15(8-6-14)21(26)27/h2-12H,1H3,(H,23,25)(H,26,27). The third kappa shape index (κ3) is 3.32.